The number of hydrogen-bond acceptors (Lipinski definition) is 2. The van der Waals surface area contributed by atoms with E-state index in [2.05, 4.69) is 5.32 Å². The number of hydrogen-bond donors (Lipinski definition) is 2. The van der Waals surface area contributed by atoms with Gasteiger partial charge in [-0.2, -0.15) is 0 Å². The molecule has 2 N–H and O–H groups in total. The molecule has 0 saturated heterocycles. The van der Waals surface area contributed by atoms with Crippen LogP contribution in [0.1, 0.15) is 20.3 Å². The van der Waals surface area contributed by atoms with Gasteiger partial charge in [0.2, 0.25) is 0 Å². The molecule has 0 saturated carbocycles. The lowest BCUT2D eigenvalue weighted by molar-refractivity contribution is -0.132. The first kappa shape index (κ1) is 10.2. The van der Waals surface area contributed by atoms with Crippen LogP contribution in [0.25, 0.3) is 0 Å². The molecule has 11 heavy (non-hydrogen) atoms. The quantitative estimate of drug-likeness (QED) is 0.462. The first-order valence-corrected chi connectivity index (χ1v) is 3.81. The van der Waals surface area contributed by atoms with Crippen molar-refractivity contribution in [3.63, 3.8) is 0 Å². The molecule has 0 fully saturated rings. The van der Waals surface area contributed by atoms with Crippen molar-refractivity contribution in [2.24, 2.45) is 0 Å². The van der Waals surface area contributed by atoms with Crippen molar-refractivity contribution in [1.82, 2.24) is 5.32 Å². The molecule has 0 heterocycles. The number of carbonyl (C=O) groups is 1. The number of carboxylic acids is 1. The summed E-state index contributed by atoms with van der Waals surface area (Å²) in [4.78, 5) is 10.4. The number of rotatable bonds is 5. The molecule has 0 rings (SSSR count). The van der Waals surface area contributed by atoms with Crippen molar-refractivity contribution in [1.29, 1.82) is 0 Å². The zero-order valence-electron chi connectivity index (χ0n) is 7.05. The predicted octanol–water partition coefficient (Wildman–Crippen LogP) is 1.02. The topological polar surface area (TPSA) is 49.3 Å². The van der Waals surface area contributed by atoms with Gasteiger partial charge in [0, 0.05) is 5.57 Å². The minimum Gasteiger partial charge on any atom is -0.478 e. The minimum absolute atomic E-state index is 0.478. The van der Waals surface area contributed by atoms with Gasteiger partial charge in [-0.1, -0.05) is 13.0 Å². The molecule has 0 aliphatic rings. The van der Waals surface area contributed by atoms with Gasteiger partial charge in [0.25, 0.3) is 0 Å². The van der Waals surface area contributed by atoms with Crippen LogP contribution in [-0.2, 0) is 4.79 Å². The summed E-state index contributed by atoms with van der Waals surface area (Å²) in [5.41, 5.74) is 0.478. The average molecular weight is 157 g/mol. The molecule has 3 nitrogen and oxygen atoms in total. The average Bonchev–Trinajstić information content (AvgIpc) is 1.97. The molecule has 0 aliphatic carbocycles. The van der Waals surface area contributed by atoms with E-state index in [1.54, 1.807) is 13.0 Å². The fraction of sp³-hybridized carbons (Fsp3) is 0.625. The van der Waals surface area contributed by atoms with Gasteiger partial charge in [-0.25, -0.2) is 4.79 Å². The molecule has 0 amide bonds. The van der Waals surface area contributed by atoms with Crippen LogP contribution in [0.4, 0.5) is 0 Å². The van der Waals surface area contributed by atoms with Crippen molar-refractivity contribution in [2.45, 2.75) is 20.3 Å². The minimum atomic E-state index is -0.814. The van der Waals surface area contributed by atoms with E-state index in [0.717, 1.165) is 13.1 Å². The SMILES string of the molecule is C/C=C(\CCNCC)C(=O)O. The summed E-state index contributed by atoms with van der Waals surface area (Å²) in [6.07, 6.45) is 2.24. The number of allylic oxidation sites excluding steroid dienone is 1. The van der Waals surface area contributed by atoms with E-state index in [4.69, 9.17) is 5.11 Å². The van der Waals surface area contributed by atoms with Crippen LogP contribution < -0.4 is 5.32 Å². The Morgan fingerprint density at radius 1 is 1.64 bits per heavy atom. The molecule has 0 radical (unpaired) electrons. The van der Waals surface area contributed by atoms with Gasteiger partial charge in [0.1, 0.15) is 0 Å². The maximum atomic E-state index is 10.4. The largest absolute Gasteiger partial charge is 0.478 e. The first-order valence-electron chi connectivity index (χ1n) is 3.81. The predicted molar refractivity (Wildman–Crippen MR) is 44.6 cm³/mol. The Bertz CT molecular complexity index is 152. The second-order valence-electron chi connectivity index (χ2n) is 2.22. The maximum absolute atomic E-state index is 10.4. The third-order valence-electron chi connectivity index (χ3n) is 1.44. The van der Waals surface area contributed by atoms with Gasteiger partial charge in [0.05, 0.1) is 0 Å². The zero-order valence-corrected chi connectivity index (χ0v) is 7.05. The lowest BCUT2D eigenvalue weighted by Gasteiger charge is -2.01. The summed E-state index contributed by atoms with van der Waals surface area (Å²) >= 11 is 0. The Morgan fingerprint density at radius 3 is 2.64 bits per heavy atom. The van der Waals surface area contributed by atoms with Crippen LogP contribution >= 0.6 is 0 Å². The molecule has 3 heteroatoms. The maximum Gasteiger partial charge on any atom is 0.331 e. The van der Waals surface area contributed by atoms with E-state index >= 15 is 0 Å². The van der Waals surface area contributed by atoms with Crippen LogP contribution in [0, 0.1) is 0 Å². The molecule has 0 aromatic carbocycles. The molecule has 0 aromatic heterocycles. The highest BCUT2D eigenvalue weighted by Gasteiger charge is 2.03. The van der Waals surface area contributed by atoms with Crippen molar-refractivity contribution in [3.8, 4) is 0 Å². The molecule has 0 atom stereocenters. The van der Waals surface area contributed by atoms with Gasteiger partial charge in [0.15, 0.2) is 0 Å². The Kier molecular flexibility index (Phi) is 5.47. The molecular formula is C8H15NO2. The highest BCUT2D eigenvalue weighted by atomic mass is 16.4. The summed E-state index contributed by atoms with van der Waals surface area (Å²) < 4.78 is 0. The summed E-state index contributed by atoms with van der Waals surface area (Å²) in [6, 6.07) is 0. The van der Waals surface area contributed by atoms with Gasteiger partial charge in [-0.05, 0) is 26.4 Å². The Balaban J connectivity index is 3.63. The summed E-state index contributed by atoms with van der Waals surface area (Å²) in [6.45, 7) is 5.37. The molecule has 64 valence electrons. The fourth-order valence-corrected chi connectivity index (χ4v) is 0.775. The van der Waals surface area contributed by atoms with E-state index in [9.17, 15) is 4.79 Å². The highest BCUT2D eigenvalue weighted by molar-refractivity contribution is 5.86. The van der Waals surface area contributed by atoms with Crippen molar-refractivity contribution >= 4 is 5.97 Å². The van der Waals surface area contributed by atoms with E-state index in [-0.39, 0.29) is 0 Å². The monoisotopic (exact) mass is 157 g/mol. The van der Waals surface area contributed by atoms with Gasteiger partial charge < -0.3 is 10.4 Å². The molecular weight excluding hydrogens is 142 g/mol. The van der Waals surface area contributed by atoms with Crippen LogP contribution in [0.5, 0.6) is 0 Å². The third-order valence-corrected chi connectivity index (χ3v) is 1.44. The molecule has 0 unspecified atom stereocenters. The standard InChI is InChI=1S/C8H15NO2/c1-3-7(8(10)11)5-6-9-4-2/h3,9H,4-6H2,1-2H3,(H,10,11)/b7-3+. The van der Waals surface area contributed by atoms with Crippen molar-refractivity contribution in [3.05, 3.63) is 11.6 Å². The lowest BCUT2D eigenvalue weighted by atomic mass is 10.2. The van der Waals surface area contributed by atoms with Gasteiger partial charge in [-0.3, -0.25) is 0 Å². The van der Waals surface area contributed by atoms with Crippen LogP contribution in [0.3, 0.4) is 0 Å². The molecule has 0 bridgehead atoms. The van der Waals surface area contributed by atoms with Crippen LogP contribution in [0.15, 0.2) is 11.6 Å². The fourth-order valence-electron chi connectivity index (χ4n) is 0.775. The normalized spacial score (nSPS) is 11.6. The number of nitrogens with one attached hydrogen (secondary N) is 1. The van der Waals surface area contributed by atoms with E-state index < -0.39 is 5.97 Å². The molecule has 0 aromatic rings. The Morgan fingerprint density at radius 2 is 2.27 bits per heavy atom. The third kappa shape index (κ3) is 4.56. The highest BCUT2D eigenvalue weighted by Crippen LogP contribution is 1.98. The lowest BCUT2D eigenvalue weighted by Crippen LogP contribution is -2.16. The Labute approximate surface area is 67.1 Å². The number of aliphatic carboxylic acids is 1. The second kappa shape index (κ2) is 5.92. The van der Waals surface area contributed by atoms with Crippen molar-refractivity contribution < 1.29 is 9.90 Å². The smallest absolute Gasteiger partial charge is 0.331 e. The van der Waals surface area contributed by atoms with Crippen LogP contribution in [-0.4, -0.2) is 24.2 Å². The van der Waals surface area contributed by atoms with E-state index in [0.29, 0.717) is 12.0 Å². The zero-order chi connectivity index (χ0) is 8.69. The van der Waals surface area contributed by atoms with Gasteiger partial charge in [-0.15, -0.1) is 0 Å². The summed E-state index contributed by atoms with van der Waals surface area (Å²) in [7, 11) is 0. The molecule has 0 spiro atoms. The van der Waals surface area contributed by atoms with Crippen molar-refractivity contribution in [2.75, 3.05) is 13.1 Å². The second-order valence-corrected chi connectivity index (χ2v) is 2.22. The van der Waals surface area contributed by atoms with E-state index in [1.807, 2.05) is 6.92 Å². The van der Waals surface area contributed by atoms with E-state index in [1.165, 1.54) is 0 Å². The molecule has 0 aliphatic heterocycles. The van der Waals surface area contributed by atoms with Gasteiger partial charge >= 0.3 is 5.97 Å². The first-order chi connectivity index (χ1) is 5.22. The number of carboxylic acid groups (broad SMARTS) is 1. The Hall–Kier alpha value is -0.830. The summed E-state index contributed by atoms with van der Waals surface area (Å²) in [5, 5.41) is 11.6. The van der Waals surface area contributed by atoms with Crippen LogP contribution in [0.2, 0.25) is 0 Å². The summed E-state index contributed by atoms with van der Waals surface area (Å²) in [5.74, 6) is -0.814.